The Balaban J connectivity index is 3.05. The Kier molecular flexibility index (Phi) is 1.77. The number of thiophene rings is 1. The fourth-order valence-corrected chi connectivity index (χ4v) is 1.24. The topological polar surface area (TPSA) is 0 Å². The van der Waals surface area contributed by atoms with E-state index in [2.05, 4.69) is 0 Å². The fraction of sp³-hybridized carbons (Fsp3) is 0.200. The molecule has 0 saturated carbocycles. The Labute approximate surface area is 61.1 Å². The average molecular weight is 162 g/mol. The lowest BCUT2D eigenvalue weighted by Gasteiger charge is -2.03. The maximum Gasteiger partial charge on any atom is 0.425 e. The number of hydrogen-bond donors (Lipinski definition) is 0. The van der Waals surface area contributed by atoms with Crippen LogP contribution in [0.5, 0.6) is 0 Å². The molecule has 0 unspecified atom stereocenters. The zero-order valence-corrected chi connectivity index (χ0v) is 5.59. The van der Waals surface area contributed by atoms with Crippen LogP contribution in [0.25, 0.3) is 0 Å². The molecule has 1 aromatic rings. The lowest BCUT2D eigenvalue weighted by Crippen LogP contribution is -2.14. The van der Waals surface area contributed by atoms with E-state index in [1.54, 1.807) is 0 Å². The molecule has 1 rings (SSSR count). The molecule has 10 heavy (non-hydrogen) atoms. The van der Waals surface area contributed by atoms with Crippen LogP contribution in [-0.4, -0.2) is 7.85 Å². The first-order valence-corrected chi connectivity index (χ1v) is 3.30. The highest BCUT2D eigenvalue weighted by atomic mass is 32.1. The minimum Gasteiger partial charge on any atom is -0.165 e. The molecule has 52 valence electrons. The molecule has 1 heterocycles. The summed E-state index contributed by atoms with van der Waals surface area (Å²) in [6, 6.07) is 1.24. The molecule has 0 N–H and O–H groups in total. The van der Waals surface area contributed by atoms with Crippen molar-refractivity contribution < 1.29 is 13.2 Å². The van der Waals surface area contributed by atoms with Gasteiger partial charge in [-0.2, -0.15) is 13.2 Å². The number of hydrogen-bond acceptors (Lipinski definition) is 1. The molecular weight excluding hydrogens is 160 g/mol. The summed E-state index contributed by atoms with van der Waals surface area (Å²) in [5, 5.41) is 1.32. The lowest BCUT2D eigenvalue weighted by molar-refractivity contribution is -0.133. The summed E-state index contributed by atoms with van der Waals surface area (Å²) in [6.07, 6.45) is -4.29. The van der Waals surface area contributed by atoms with Crippen LogP contribution in [0, 0.1) is 0 Å². The SMILES string of the molecule is [B]c1ccsc1C(F)(F)F. The second-order valence-electron chi connectivity index (χ2n) is 1.70. The molecule has 0 aliphatic rings. The van der Waals surface area contributed by atoms with Crippen molar-refractivity contribution in [2.75, 3.05) is 0 Å². The van der Waals surface area contributed by atoms with Gasteiger partial charge in [-0.3, -0.25) is 0 Å². The molecule has 0 atom stereocenters. The molecule has 0 fully saturated rings. The quantitative estimate of drug-likeness (QED) is 0.507. The van der Waals surface area contributed by atoms with Gasteiger partial charge < -0.3 is 0 Å². The highest BCUT2D eigenvalue weighted by molar-refractivity contribution is 7.11. The molecule has 0 saturated heterocycles. The third kappa shape index (κ3) is 1.34. The van der Waals surface area contributed by atoms with E-state index >= 15 is 0 Å². The zero-order chi connectivity index (χ0) is 7.78. The van der Waals surface area contributed by atoms with Crippen molar-refractivity contribution in [3.63, 3.8) is 0 Å². The minimum atomic E-state index is -4.29. The maximum atomic E-state index is 11.8. The van der Waals surface area contributed by atoms with Crippen LogP contribution in [0.4, 0.5) is 13.2 Å². The van der Waals surface area contributed by atoms with Gasteiger partial charge in [0.15, 0.2) is 0 Å². The van der Waals surface area contributed by atoms with E-state index < -0.39 is 11.1 Å². The Morgan fingerprint density at radius 3 is 2.20 bits per heavy atom. The summed E-state index contributed by atoms with van der Waals surface area (Å²) in [5.41, 5.74) is -0.197. The molecule has 5 heteroatoms. The maximum absolute atomic E-state index is 11.8. The van der Waals surface area contributed by atoms with Crippen LogP contribution >= 0.6 is 11.3 Å². The van der Waals surface area contributed by atoms with Crippen molar-refractivity contribution in [1.82, 2.24) is 0 Å². The third-order valence-corrected chi connectivity index (χ3v) is 1.93. The van der Waals surface area contributed by atoms with Crippen molar-refractivity contribution in [2.24, 2.45) is 0 Å². The second-order valence-corrected chi connectivity index (χ2v) is 2.62. The van der Waals surface area contributed by atoms with E-state index in [1.807, 2.05) is 0 Å². The summed E-state index contributed by atoms with van der Waals surface area (Å²) in [4.78, 5) is -0.715. The first-order valence-electron chi connectivity index (χ1n) is 2.42. The van der Waals surface area contributed by atoms with Gasteiger partial charge in [-0.1, -0.05) is 11.5 Å². The van der Waals surface area contributed by atoms with Crippen molar-refractivity contribution in [1.29, 1.82) is 0 Å². The summed E-state index contributed by atoms with van der Waals surface area (Å²) >= 11 is 0.606. The molecule has 2 radical (unpaired) electrons. The standard InChI is InChI=1S/C5H2BF3S/c6-3-1-2-10-4(3)5(7,8)9/h1-2H. The Hall–Kier alpha value is -0.445. The third-order valence-electron chi connectivity index (χ3n) is 0.953. The molecule has 0 nitrogen and oxygen atoms in total. The minimum absolute atomic E-state index is 0.197. The number of halogens is 3. The summed E-state index contributed by atoms with van der Waals surface area (Å²) < 4.78 is 35.4. The average Bonchev–Trinajstić information content (AvgIpc) is 2.11. The highest BCUT2D eigenvalue weighted by Gasteiger charge is 2.32. The van der Waals surface area contributed by atoms with E-state index in [4.69, 9.17) is 7.85 Å². The van der Waals surface area contributed by atoms with E-state index in [1.165, 1.54) is 11.4 Å². The van der Waals surface area contributed by atoms with E-state index in [9.17, 15) is 13.2 Å². The number of rotatable bonds is 0. The van der Waals surface area contributed by atoms with Gasteiger partial charge in [0, 0.05) is 0 Å². The van der Waals surface area contributed by atoms with Crippen molar-refractivity contribution in [2.45, 2.75) is 6.18 Å². The van der Waals surface area contributed by atoms with Gasteiger partial charge in [0.25, 0.3) is 0 Å². The normalized spacial score (nSPS) is 11.9. The molecule has 0 bridgehead atoms. The van der Waals surface area contributed by atoms with Crippen molar-refractivity contribution >= 4 is 24.6 Å². The van der Waals surface area contributed by atoms with Gasteiger partial charge in [-0.15, -0.1) is 11.3 Å². The molecule has 0 aliphatic carbocycles. The summed E-state index contributed by atoms with van der Waals surface area (Å²) in [7, 11) is 5.02. The lowest BCUT2D eigenvalue weighted by atomic mass is 9.97. The first kappa shape index (κ1) is 7.66. The Bertz CT molecular complexity index is 227. The summed E-state index contributed by atoms with van der Waals surface area (Å²) in [5.74, 6) is 0. The van der Waals surface area contributed by atoms with Gasteiger partial charge in [0.2, 0.25) is 0 Å². The largest absolute Gasteiger partial charge is 0.425 e. The van der Waals surface area contributed by atoms with Crippen LogP contribution < -0.4 is 5.46 Å². The van der Waals surface area contributed by atoms with Gasteiger partial charge in [-0.25, -0.2) is 0 Å². The highest BCUT2D eigenvalue weighted by Crippen LogP contribution is 2.30. The van der Waals surface area contributed by atoms with E-state index in [0.29, 0.717) is 11.3 Å². The van der Waals surface area contributed by atoms with Crippen molar-refractivity contribution in [3.8, 4) is 0 Å². The first-order chi connectivity index (χ1) is 4.52. The molecule has 0 spiro atoms. The van der Waals surface area contributed by atoms with Gasteiger partial charge in [0.1, 0.15) is 12.7 Å². The van der Waals surface area contributed by atoms with Gasteiger partial charge >= 0.3 is 6.18 Å². The predicted octanol–water partition coefficient (Wildman–Crippen LogP) is 1.56. The Morgan fingerprint density at radius 1 is 1.40 bits per heavy atom. The Morgan fingerprint density at radius 2 is 2.00 bits per heavy atom. The molecule has 0 aromatic carbocycles. The molecule has 0 amide bonds. The second kappa shape index (κ2) is 2.30. The molecule has 1 aromatic heterocycles. The van der Waals surface area contributed by atoms with E-state index in [-0.39, 0.29) is 5.46 Å². The van der Waals surface area contributed by atoms with Crippen LogP contribution in [0.1, 0.15) is 4.88 Å². The van der Waals surface area contributed by atoms with Crippen LogP contribution in [0.15, 0.2) is 11.4 Å². The predicted molar refractivity (Wildman–Crippen MR) is 34.7 cm³/mol. The zero-order valence-electron chi connectivity index (χ0n) is 4.77. The monoisotopic (exact) mass is 162 g/mol. The summed E-state index contributed by atoms with van der Waals surface area (Å²) in [6.45, 7) is 0. The van der Waals surface area contributed by atoms with Crippen LogP contribution in [-0.2, 0) is 6.18 Å². The van der Waals surface area contributed by atoms with Crippen molar-refractivity contribution in [3.05, 3.63) is 16.3 Å². The van der Waals surface area contributed by atoms with Crippen LogP contribution in [0.2, 0.25) is 0 Å². The number of alkyl halides is 3. The molecule has 0 aliphatic heterocycles. The van der Waals surface area contributed by atoms with Gasteiger partial charge in [0.05, 0.1) is 0 Å². The van der Waals surface area contributed by atoms with E-state index in [0.717, 1.165) is 0 Å². The smallest absolute Gasteiger partial charge is 0.165 e. The fourth-order valence-electron chi connectivity index (χ4n) is 0.550. The molecular formula is C5H2BF3S. The van der Waals surface area contributed by atoms with Crippen LogP contribution in [0.3, 0.4) is 0 Å². The van der Waals surface area contributed by atoms with Gasteiger partial charge in [-0.05, 0) is 5.38 Å².